The van der Waals surface area contributed by atoms with Crippen molar-refractivity contribution < 1.29 is 4.74 Å². The number of fused-ring (bicyclic) bond motifs is 1. The highest BCUT2D eigenvalue weighted by Crippen LogP contribution is 2.25. The summed E-state index contributed by atoms with van der Waals surface area (Å²) in [4.78, 5) is 12.7. The first kappa shape index (κ1) is 16.1. The van der Waals surface area contributed by atoms with Gasteiger partial charge in [0.1, 0.15) is 16.5 Å². The molecule has 0 aliphatic heterocycles. The molecule has 1 N–H and O–H groups in total. The van der Waals surface area contributed by atoms with Gasteiger partial charge >= 0.3 is 0 Å². The molecule has 2 heterocycles. The molecule has 2 aromatic heterocycles. The van der Waals surface area contributed by atoms with Crippen LogP contribution < -0.4 is 5.32 Å². The second-order valence-electron chi connectivity index (χ2n) is 5.50. The van der Waals surface area contributed by atoms with Crippen molar-refractivity contribution in [2.75, 3.05) is 39.2 Å². The standard InChI is InChI=1S/C15H24N4OS/c1-11(2)9-19(6-7-20-4)10-13-17-14(16-3)12-5-8-21-15(12)18-13/h5,8,11H,6-7,9-10H2,1-4H3,(H,16,17,18). The third kappa shape index (κ3) is 4.36. The SMILES string of the molecule is CNc1nc(CN(CCOC)CC(C)C)nc2sccc12. The van der Waals surface area contributed by atoms with Gasteiger partial charge in [-0.2, -0.15) is 0 Å². The van der Waals surface area contributed by atoms with Crippen molar-refractivity contribution in [2.45, 2.75) is 20.4 Å². The molecule has 0 aromatic carbocycles. The maximum absolute atomic E-state index is 5.20. The monoisotopic (exact) mass is 308 g/mol. The van der Waals surface area contributed by atoms with Crippen molar-refractivity contribution in [3.05, 3.63) is 17.3 Å². The lowest BCUT2D eigenvalue weighted by atomic mass is 10.2. The van der Waals surface area contributed by atoms with Crippen molar-refractivity contribution in [3.8, 4) is 0 Å². The van der Waals surface area contributed by atoms with Crippen molar-refractivity contribution in [1.82, 2.24) is 14.9 Å². The molecule has 0 spiro atoms. The van der Waals surface area contributed by atoms with Crippen LogP contribution in [-0.2, 0) is 11.3 Å². The lowest BCUT2D eigenvalue weighted by Crippen LogP contribution is -2.31. The molecule has 0 saturated heterocycles. The Kier molecular flexibility index (Phi) is 5.90. The van der Waals surface area contributed by atoms with Crippen LogP contribution in [0, 0.1) is 5.92 Å². The van der Waals surface area contributed by atoms with E-state index in [9.17, 15) is 0 Å². The van der Waals surface area contributed by atoms with Crippen LogP contribution in [0.5, 0.6) is 0 Å². The van der Waals surface area contributed by atoms with Crippen LogP contribution in [0.25, 0.3) is 10.2 Å². The van der Waals surface area contributed by atoms with Gasteiger partial charge in [-0.05, 0) is 17.4 Å². The minimum atomic E-state index is 0.607. The van der Waals surface area contributed by atoms with Crippen molar-refractivity contribution in [3.63, 3.8) is 0 Å². The van der Waals surface area contributed by atoms with Gasteiger partial charge < -0.3 is 10.1 Å². The zero-order chi connectivity index (χ0) is 15.2. The van der Waals surface area contributed by atoms with E-state index < -0.39 is 0 Å². The van der Waals surface area contributed by atoms with E-state index >= 15 is 0 Å². The summed E-state index contributed by atoms with van der Waals surface area (Å²) in [6.45, 7) is 7.85. The predicted molar refractivity (Wildman–Crippen MR) is 89.0 cm³/mol. The van der Waals surface area contributed by atoms with Gasteiger partial charge in [-0.3, -0.25) is 4.90 Å². The van der Waals surface area contributed by atoms with E-state index in [1.165, 1.54) is 0 Å². The number of rotatable bonds is 8. The fourth-order valence-electron chi connectivity index (χ4n) is 2.33. The van der Waals surface area contributed by atoms with Crippen LogP contribution in [0.4, 0.5) is 5.82 Å². The van der Waals surface area contributed by atoms with Crippen molar-refractivity contribution in [2.24, 2.45) is 5.92 Å². The second kappa shape index (κ2) is 7.68. The molecule has 2 aromatic rings. The minimum absolute atomic E-state index is 0.607. The Labute approximate surface area is 130 Å². The molecule has 0 aliphatic rings. The largest absolute Gasteiger partial charge is 0.383 e. The Bertz CT molecular complexity index is 570. The smallest absolute Gasteiger partial charge is 0.146 e. The first-order valence-electron chi connectivity index (χ1n) is 7.27. The van der Waals surface area contributed by atoms with Crippen LogP contribution >= 0.6 is 11.3 Å². The number of aromatic nitrogens is 2. The van der Waals surface area contributed by atoms with E-state index in [-0.39, 0.29) is 0 Å². The third-order valence-corrected chi connectivity index (χ3v) is 4.01. The molecule has 0 saturated carbocycles. The summed E-state index contributed by atoms with van der Waals surface area (Å²) in [7, 11) is 3.64. The number of hydrogen-bond acceptors (Lipinski definition) is 6. The maximum Gasteiger partial charge on any atom is 0.146 e. The first-order chi connectivity index (χ1) is 10.1. The molecule has 116 valence electrons. The lowest BCUT2D eigenvalue weighted by molar-refractivity contribution is 0.134. The molecule has 0 bridgehead atoms. The number of nitrogens with zero attached hydrogens (tertiary/aromatic N) is 3. The minimum Gasteiger partial charge on any atom is -0.383 e. The highest BCUT2D eigenvalue weighted by Gasteiger charge is 2.13. The summed E-state index contributed by atoms with van der Waals surface area (Å²) in [6, 6.07) is 2.06. The Hall–Kier alpha value is -1.24. The number of nitrogens with one attached hydrogen (secondary N) is 1. The molecule has 2 rings (SSSR count). The van der Waals surface area contributed by atoms with Crippen LogP contribution in [0.2, 0.25) is 0 Å². The van der Waals surface area contributed by atoms with E-state index in [2.05, 4.69) is 45.5 Å². The molecular formula is C15H24N4OS. The quantitative estimate of drug-likeness (QED) is 0.812. The highest BCUT2D eigenvalue weighted by molar-refractivity contribution is 7.16. The molecule has 0 aliphatic carbocycles. The van der Waals surface area contributed by atoms with Gasteiger partial charge in [0.2, 0.25) is 0 Å². The number of anilines is 1. The van der Waals surface area contributed by atoms with Crippen molar-refractivity contribution >= 4 is 27.4 Å². The van der Waals surface area contributed by atoms with E-state index in [1.807, 2.05) is 7.05 Å². The van der Waals surface area contributed by atoms with Gasteiger partial charge in [-0.1, -0.05) is 13.8 Å². The molecule has 0 radical (unpaired) electrons. The van der Waals surface area contributed by atoms with E-state index in [1.54, 1.807) is 18.4 Å². The van der Waals surface area contributed by atoms with Gasteiger partial charge in [0, 0.05) is 27.2 Å². The molecule has 6 heteroatoms. The topological polar surface area (TPSA) is 50.3 Å². The summed E-state index contributed by atoms with van der Waals surface area (Å²) < 4.78 is 5.20. The number of thiophene rings is 1. The maximum atomic E-state index is 5.20. The van der Waals surface area contributed by atoms with Crippen LogP contribution in [0.3, 0.4) is 0 Å². The number of methoxy groups -OCH3 is 1. The molecule has 0 unspecified atom stereocenters. The Morgan fingerprint density at radius 1 is 1.38 bits per heavy atom. The zero-order valence-electron chi connectivity index (χ0n) is 13.2. The third-order valence-electron chi connectivity index (χ3n) is 3.21. The predicted octanol–water partition coefficient (Wildman–Crippen LogP) is 2.84. The van der Waals surface area contributed by atoms with Gasteiger partial charge in [-0.15, -0.1) is 11.3 Å². The molecule has 0 amide bonds. The Balaban J connectivity index is 2.18. The van der Waals surface area contributed by atoms with Gasteiger partial charge in [-0.25, -0.2) is 9.97 Å². The fraction of sp³-hybridized carbons (Fsp3) is 0.600. The lowest BCUT2D eigenvalue weighted by Gasteiger charge is -2.23. The molecule has 21 heavy (non-hydrogen) atoms. The van der Waals surface area contributed by atoms with Crippen molar-refractivity contribution in [1.29, 1.82) is 0 Å². The van der Waals surface area contributed by atoms with Gasteiger partial charge in [0.05, 0.1) is 18.5 Å². The average molecular weight is 308 g/mol. The molecule has 0 atom stereocenters. The Morgan fingerprint density at radius 2 is 2.19 bits per heavy atom. The molecular weight excluding hydrogens is 284 g/mol. The van der Waals surface area contributed by atoms with E-state index in [0.717, 1.165) is 48.1 Å². The zero-order valence-corrected chi connectivity index (χ0v) is 14.0. The highest BCUT2D eigenvalue weighted by atomic mass is 32.1. The second-order valence-corrected chi connectivity index (χ2v) is 6.39. The van der Waals surface area contributed by atoms with Crippen LogP contribution in [-0.4, -0.2) is 48.7 Å². The van der Waals surface area contributed by atoms with Gasteiger partial charge in [0.15, 0.2) is 0 Å². The number of hydrogen-bond donors (Lipinski definition) is 1. The summed E-state index contributed by atoms with van der Waals surface area (Å²) >= 11 is 1.66. The average Bonchev–Trinajstić information content (AvgIpc) is 2.91. The Morgan fingerprint density at radius 3 is 2.86 bits per heavy atom. The van der Waals surface area contributed by atoms with Gasteiger partial charge in [0.25, 0.3) is 0 Å². The summed E-state index contributed by atoms with van der Waals surface area (Å²) in [5, 5.41) is 6.32. The van der Waals surface area contributed by atoms with Crippen LogP contribution in [0.1, 0.15) is 19.7 Å². The fourth-order valence-corrected chi connectivity index (χ4v) is 3.12. The molecule has 5 nitrogen and oxygen atoms in total. The summed E-state index contributed by atoms with van der Waals surface area (Å²) in [6.07, 6.45) is 0. The van der Waals surface area contributed by atoms with E-state index in [4.69, 9.17) is 4.74 Å². The van der Waals surface area contributed by atoms with E-state index in [0.29, 0.717) is 5.92 Å². The number of ether oxygens (including phenoxy) is 1. The summed E-state index contributed by atoms with van der Waals surface area (Å²) in [5.74, 6) is 2.38. The normalized spacial score (nSPS) is 11.7. The summed E-state index contributed by atoms with van der Waals surface area (Å²) in [5.41, 5.74) is 0. The van der Waals surface area contributed by atoms with Crippen LogP contribution in [0.15, 0.2) is 11.4 Å². The molecule has 0 fully saturated rings. The first-order valence-corrected chi connectivity index (χ1v) is 8.15.